The van der Waals surface area contributed by atoms with Gasteiger partial charge in [-0.05, 0) is 17.7 Å². The molecule has 0 saturated heterocycles. The molecule has 1 atom stereocenters. The predicted molar refractivity (Wildman–Crippen MR) is 46.8 cm³/mol. The first-order valence-corrected chi connectivity index (χ1v) is 4.62. The Morgan fingerprint density at radius 1 is 1.18 bits per heavy atom. The van der Waals surface area contributed by atoms with Crippen molar-refractivity contribution in [2.75, 3.05) is 0 Å². The van der Waals surface area contributed by atoms with Crippen LogP contribution in [0.3, 0.4) is 0 Å². The van der Waals surface area contributed by atoms with Gasteiger partial charge in [-0.1, -0.05) is 6.07 Å². The Balaban J connectivity index is 2.40. The van der Waals surface area contributed by atoms with Gasteiger partial charge in [0.2, 0.25) is 0 Å². The topological polar surface area (TPSA) is 26.0 Å². The van der Waals surface area contributed by atoms with Crippen molar-refractivity contribution in [2.24, 2.45) is 5.73 Å². The summed E-state index contributed by atoms with van der Waals surface area (Å²) in [4.78, 5) is 0. The first kappa shape index (κ1) is 12.2. The Morgan fingerprint density at radius 2 is 1.71 bits per heavy atom. The van der Waals surface area contributed by atoms with Gasteiger partial charge in [-0.2, -0.15) is 13.2 Å². The lowest BCUT2D eigenvalue weighted by Crippen LogP contribution is -2.27. The molecule has 1 aliphatic carbocycles. The van der Waals surface area contributed by atoms with E-state index in [0.29, 0.717) is 12.1 Å². The van der Waals surface area contributed by atoms with E-state index in [9.17, 15) is 26.3 Å². The van der Waals surface area contributed by atoms with Crippen LogP contribution in [0.4, 0.5) is 26.3 Å². The summed E-state index contributed by atoms with van der Waals surface area (Å²) in [5.41, 5.74) is 1.41. The number of rotatable bonds is 1. The number of hydrogen-bond acceptors (Lipinski definition) is 1. The lowest BCUT2D eigenvalue weighted by molar-refractivity contribution is -0.140. The maximum Gasteiger partial charge on any atom is 0.419 e. The van der Waals surface area contributed by atoms with E-state index in [1.54, 1.807) is 0 Å². The molecular weight excluding hydrogens is 248 g/mol. The zero-order chi connectivity index (χ0) is 13.1. The quantitative estimate of drug-likeness (QED) is 0.767. The van der Waals surface area contributed by atoms with Crippen molar-refractivity contribution in [3.05, 3.63) is 35.1 Å². The van der Waals surface area contributed by atoms with E-state index in [-0.39, 0.29) is 5.56 Å². The fraction of sp³-hybridized carbons (Fsp3) is 0.400. The molecule has 1 saturated carbocycles. The van der Waals surface area contributed by atoms with Gasteiger partial charge in [0.05, 0.1) is 5.56 Å². The van der Waals surface area contributed by atoms with Crippen LogP contribution in [-0.4, -0.2) is 5.92 Å². The van der Waals surface area contributed by atoms with Gasteiger partial charge >= 0.3 is 6.18 Å². The molecule has 1 nitrogen and oxygen atoms in total. The van der Waals surface area contributed by atoms with E-state index in [4.69, 9.17) is 5.73 Å². The summed E-state index contributed by atoms with van der Waals surface area (Å²) < 4.78 is 75.5. The average Bonchev–Trinajstić information content (AvgIpc) is 2.65. The number of nitrogens with two attached hydrogens (primary N) is 1. The molecule has 0 heterocycles. The largest absolute Gasteiger partial charge is 0.419 e. The van der Waals surface area contributed by atoms with Gasteiger partial charge in [0, 0.05) is 6.42 Å². The van der Waals surface area contributed by atoms with Crippen LogP contribution in [0.25, 0.3) is 0 Å². The Labute approximate surface area is 92.2 Å². The van der Waals surface area contributed by atoms with Crippen molar-refractivity contribution < 1.29 is 26.3 Å². The summed E-state index contributed by atoms with van der Waals surface area (Å²) in [5, 5.41) is 0. The van der Waals surface area contributed by atoms with Gasteiger partial charge in [0.1, 0.15) is 11.4 Å². The van der Waals surface area contributed by atoms with Crippen molar-refractivity contribution in [3.63, 3.8) is 0 Å². The molecule has 1 aromatic carbocycles. The van der Waals surface area contributed by atoms with Gasteiger partial charge < -0.3 is 5.73 Å². The second-order valence-corrected chi connectivity index (χ2v) is 4.04. The third kappa shape index (κ3) is 1.78. The predicted octanol–water partition coefficient (Wildman–Crippen LogP) is 3.04. The SMILES string of the molecule is NC1(c2ccc(C(F)(F)F)c(F)c2)CC1(F)F. The molecule has 0 radical (unpaired) electrons. The molecule has 2 rings (SSSR count). The zero-order valence-electron chi connectivity index (χ0n) is 8.28. The van der Waals surface area contributed by atoms with E-state index in [1.165, 1.54) is 0 Å². The number of alkyl halides is 5. The molecule has 7 heteroatoms. The van der Waals surface area contributed by atoms with Gasteiger partial charge in [0.15, 0.2) is 0 Å². The number of benzene rings is 1. The van der Waals surface area contributed by atoms with Gasteiger partial charge in [-0.15, -0.1) is 0 Å². The zero-order valence-corrected chi connectivity index (χ0v) is 8.28. The monoisotopic (exact) mass is 255 g/mol. The molecule has 0 bridgehead atoms. The lowest BCUT2D eigenvalue weighted by Gasteiger charge is -2.13. The van der Waals surface area contributed by atoms with Crippen molar-refractivity contribution in [2.45, 2.75) is 24.1 Å². The smallest absolute Gasteiger partial charge is 0.316 e. The van der Waals surface area contributed by atoms with Crippen LogP contribution in [0.5, 0.6) is 0 Å². The maximum absolute atomic E-state index is 13.1. The van der Waals surface area contributed by atoms with Crippen LogP contribution in [0.1, 0.15) is 17.5 Å². The van der Waals surface area contributed by atoms with Crippen LogP contribution >= 0.6 is 0 Å². The standard InChI is InChI=1S/C10H7F6N/c11-7-3-5(8(17)4-9(8,12)13)1-2-6(7)10(14,15)16/h1-3H,4,17H2. The highest BCUT2D eigenvalue weighted by Gasteiger charge is 2.70. The highest BCUT2D eigenvalue weighted by Crippen LogP contribution is 2.57. The Hall–Kier alpha value is -1.24. The summed E-state index contributed by atoms with van der Waals surface area (Å²) in [7, 11) is 0. The van der Waals surface area contributed by atoms with Crippen LogP contribution < -0.4 is 5.73 Å². The molecule has 1 unspecified atom stereocenters. The summed E-state index contributed by atoms with van der Waals surface area (Å²) >= 11 is 0. The molecule has 17 heavy (non-hydrogen) atoms. The van der Waals surface area contributed by atoms with Crippen LogP contribution in [0.15, 0.2) is 18.2 Å². The van der Waals surface area contributed by atoms with E-state index in [1.807, 2.05) is 0 Å². The molecule has 1 aromatic rings. The van der Waals surface area contributed by atoms with E-state index < -0.39 is 35.4 Å². The number of halogens is 6. The second kappa shape index (κ2) is 3.16. The minimum atomic E-state index is -4.85. The minimum absolute atomic E-state index is 0.326. The minimum Gasteiger partial charge on any atom is -0.316 e. The lowest BCUT2D eigenvalue weighted by atomic mass is 10.0. The second-order valence-electron chi connectivity index (χ2n) is 4.04. The first-order valence-electron chi connectivity index (χ1n) is 4.62. The summed E-state index contributed by atoms with van der Waals surface area (Å²) in [6.45, 7) is 0. The summed E-state index contributed by atoms with van der Waals surface area (Å²) in [6.07, 6.45) is -5.54. The van der Waals surface area contributed by atoms with E-state index in [0.717, 1.165) is 6.07 Å². The molecule has 0 amide bonds. The van der Waals surface area contributed by atoms with Crippen LogP contribution in [0, 0.1) is 5.82 Å². The molecule has 0 spiro atoms. The molecule has 0 aliphatic heterocycles. The Bertz CT molecular complexity index is 466. The highest BCUT2D eigenvalue weighted by molar-refractivity contribution is 5.38. The molecular formula is C10H7F6N. The number of hydrogen-bond donors (Lipinski definition) is 1. The van der Waals surface area contributed by atoms with Crippen molar-refractivity contribution in [1.82, 2.24) is 0 Å². The highest BCUT2D eigenvalue weighted by atomic mass is 19.4. The maximum atomic E-state index is 13.1. The van der Waals surface area contributed by atoms with Crippen LogP contribution in [-0.2, 0) is 11.7 Å². The van der Waals surface area contributed by atoms with Crippen LogP contribution in [0.2, 0.25) is 0 Å². The van der Waals surface area contributed by atoms with Crippen molar-refractivity contribution in [1.29, 1.82) is 0 Å². The average molecular weight is 255 g/mol. The first-order chi connectivity index (χ1) is 7.58. The molecule has 1 aliphatic rings. The Kier molecular flexibility index (Phi) is 2.27. The molecule has 1 fully saturated rings. The van der Waals surface area contributed by atoms with Crippen molar-refractivity contribution >= 4 is 0 Å². The van der Waals surface area contributed by atoms with Gasteiger partial charge in [-0.3, -0.25) is 0 Å². The normalized spacial score (nSPS) is 27.0. The molecule has 2 N–H and O–H groups in total. The molecule has 94 valence electrons. The van der Waals surface area contributed by atoms with Gasteiger partial charge in [0.25, 0.3) is 5.92 Å². The molecule has 0 aromatic heterocycles. The summed E-state index contributed by atoms with van der Waals surface area (Å²) in [5.74, 6) is -4.79. The fourth-order valence-corrected chi connectivity index (χ4v) is 1.64. The summed E-state index contributed by atoms with van der Waals surface area (Å²) in [6, 6.07) is 1.63. The Morgan fingerprint density at radius 3 is 2.06 bits per heavy atom. The van der Waals surface area contributed by atoms with Gasteiger partial charge in [-0.25, -0.2) is 13.2 Å². The third-order valence-electron chi connectivity index (χ3n) is 2.82. The van der Waals surface area contributed by atoms with E-state index >= 15 is 0 Å². The third-order valence-corrected chi connectivity index (χ3v) is 2.82. The fourth-order valence-electron chi connectivity index (χ4n) is 1.64. The van der Waals surface area contributed by atoms with Crippen molar-refractivity contribution in [3.8, 4) is 0 Å². The van der Waals surface area contributed by atoms with E-state index in [2.05, 4.69) is 0 Å².